The molecule has 4 nitrogen and oxygen atoms in total. The molecule has 98 valence electrons. The number of esters is 1. The minimum atomic E-state index is -0.412. The summed E-state index contributed by atoms with van der Waals surface area (Å²) in [6.45, 7) is 4.18. The predicted molar refractivity (Wildman–Crippen MR) is 73.3 cm³/mol. The molecule has 1 heterocycles. The largest absolute Gasteiger partial charge is 0.458 e. The average Bonchev–Trinajstić information content (AvgIpc) is 2.87. The Morgan fingerprint density at radius 2 is 2.26 bits per heavy atom. The zero-order chi connectivity index (χ0) is 13.7. The molecule has 0 aliphatic carbocycles. The number of halogens is 1. The second-order valence-corrected chi connectivity index (χ2v) is 4.31. The van der Waals surface area contributed by atoms with Gasteiger partial charge in [-0.2, -0.15) is 5.10 Å². The van der Waals surface area contributed by atoms with Crippen LogP contribution in [-0.2, 0) is 11.3 Å². The number of carbonyl (C=O) groups is 1. The van der Waals surface area contributed by atoms with Crippen molar-refractivity contribution in [3.8, 4) is 0 Å². The van der Waals surface area contributed by atoms with Crippen LogP contribution in [0.25, 0.3) is 0 Å². The van der Waals surface area contributed by atoms with E-state index in [0.717, 1.165) is 5.56 Å². The molecular formula is C14H13ClN2O2. The van der Waals surface area contributed by atoms with Crippen molar-refractivity contribution in [3.05, 3.63) is 65.5 Å². The summed E-state index contributed by atoms with van der Waals surface area (Å²) >= 11 is 6.07. The van der Waals surface area contributed by atoms with Crippen LogP contribution in [0.3, 0.4) is 0 Å². The number of rotatable bonds is 5. The third kappa shape index (κ3) is 3.45. The number of benzene rings is 1. The van der Waals surface area contributed by atoms with Crippen molar-refractivity contribution in [1.82, 2.24) is 9.78 Å². The zero-order valence-corrected chi connectivity index (χ0v) is 11.0. The molecule has 0 bridgehead atoms. The fourth-order valence-corrected chi connectivity index (χ4v) is 1.77. The highest BCUT2D eigenvalue weighted by Gasteiger charge is 2.10. The lowest BCUT2D eigenvalue weighted by Crippen LogP contribution is -2.04. The lowest BCUT2D eigenvalue weighted by atomic mass is 10.2. The van der Waals surface area contributed by atoms with Crippen LogP contribution in [0.2, 0.25) is 5.02 Å². The molecule has 0 N–H and O–H groups in total. The van der Waals surface area contributed by atoms with Gasteiger partial charge in [0.05, 0.1) is 18.3 Å². The Kier molecular flexibility index (Phi) is 4.36. The molecule has 0 fully saturated rings. The van der Waals surface area contributed by atoms with Gasteiger partial charge in [-0.05, 0) is 11.6 Å². The van der Waals surface area contributed by atoms with Gasteiger partial charge in [-0.3, -0.25) is 4.68 Å². The first-order valence-electron chi connectivity index (χ1n) is 5.74. The van der Waals surface area contributed by atoms with E-state index in [-0.39, 0.29) is 6.61 Å². The summed E-state index contributed by atoms with van der Waals surface area (Å²) in [4.78, 5) is 11.6. The van der Waals surface area contributed by atoms with E-state index in [4.69, 9.17) is 16.3 Å². The molecule has 5 heteroatoms. The maximum absolute atomic E-state index is 11.6. The van der Waals surface area contributed by atoms with Crippen molar-refractivity contribution in [2.45, 2.75) is 6.54 Å². The monoisotopic (exact) mass is 276 g/mol. The summed E-state index contributed by atoms with van der Waals surface area (Å²) in [7, 11) is 0. The number of carbonyl (C=O) groups excluding carboxylic acids is 1. The second-order valence-electron chi connectivity index (χ2n) is 3.91. The summed E-state index contributed by atoms with van der Waals surface area (Å²) in [5.41, 5.74) is 1.35. The Morgan fingerprint density at radius 3 is 3.00 bits per heavy atom. The molecule has 0 unspecified atom stereocenters. The number of hydrogen-bond acceptors (Lipinski definition) is 3. The first-order valence-corrected chi connectivity index (χ1v) is 6.12. The summed E-state index contributed by atoms with van der Waals surface area (Å²) in [6, 6.07) is 7.51. The molecule has 0 radical (unpaired) electrons. The van der Waals surface area contributed by atoms with E-state index in [9.17, 15) is 4.79 Å². The first kappa shape index (κ1) is 13.4. The highest BCUT2D eigenvalue weighted by atomic mass is 35.5. The van der Waals surface area contributed by atoms with Crippen molar-refractivity contribution in [2.24, 2.45) is 0 Å². The topological polar surface area (TPSA) is 44.1 Å². The standard InChI is InChI=1S/C14H13ClN2O2/c1-2-7-19-14(18)12-8-16-17(10-12)9-11-5-3-4-6-13(11)15/h2-6,8,10H,1,7,9H2. The Balaban J connectivity index is 2.07. The van der Waals surface area contributed by atoms with Crippen molar-refractivity contribution in [1.29, 1.82) is 0 Å². The van der Waals surface area contributed by atoms with Crippen LogP contribution in [-0.4, -0.2) is 22.4 Å². The van der Waals surface area contributed by atoms with Crippen LogP contribution in [0.1, 0.15) is 15.9 Å². The first-order chi connectivity index (χ1) is 9.20. The highest BCUT2D eigenvalue weighted by Crippen LogP contribution is 2.16. The van der Waals surface area contributed by atoms with Gasteiger partial charge in [0.15, 0.2) is 0 Å². The molecular weight excluding hydrogens is 264 g/mol. The molecule has 1 aromatic carbocycles. The summed E-state index contributed by atoms with van der Waals surface area (Å²) < 4.78 is 6.57. The van der Waals surface area contributed by atoms with Gasteiger partial charge in [0.25, 0.3) is 0 Å². The van der Waals surface area contributed by atoms with Crippen LogP contribution in [0.5, 0.6) is 0 Å². The Morgan fingerprint density at radius 1 is 1.47 bits per heavy atom. The summed E-state index contributed by atoms with van der Waals surface area (Å²) in [5, 5.41) is 4.79. The molecule has 1 aromatic heterocycles. The quantitative estimate of drug-likeness (QED) is 0.623. The number of hydrogen-bond donors (Lipinski definition) is 0. The molecule has 0 saturated carbocycles. The van der Waals surface area contributed by atoms with E-state index in [2.05, 4.69) is 11.7 Å². The van der Waals surface area contributed by atoms with Crippen LogP contribution in [0, 0.1) is 0 Å². The van der Waals surface area contributed by atoms with Crippen molar-refractivity contribution >= 4 is 17.6 Å². The molecule has 0 aliphatic heterocycles. The number of ether oxygens (including phenoxy) is 1. The van der Waals surface area contributed by atoms with Crippen LogP contribution < -0.4 is 0 Å². The fraction of sp³-hybridized carbons (Fsp3) is 0.143. The molecule has 0 spiro atoms. The Bertz CT molecular complexity index is 593. The lowest BCUT2D eigenvalue weighted by molar-refractivity contribution is 0.0549. The average molecular weight is 277 g/mol. The molecule has 0 saturated heterocycles. The minimum Gasteiger partial charge on any atom is -0.458 e. The zero-order valence-electron chi connectivity index (χ0n) is 10.3. The summed E-state index contributed by atoms with van der Waals surface area (Å²) in [5.74, 6) is -0.412. The summed E-state index contributed by atoms with van der Waals surface area (Å²) in [6.07, 6.45) is 4.63. The molecule has 0 aliphatic rings. The molecule has 2 aromatic rings. The van der Waals surface area contributed by atoms with E-state index in [0.29, 0.717) is 17.1 Å². The van der Waals surface area contributed by atoms with E-state index in [1.54, 1.807) is 10.9 Å². The maximum Gasteiger partial charge on any atom is 0.341 e. The maximum atomic E-state index is 11.6. The van der Waals surface area contributed by atoms with Gasteiger partial charge < -0.3 is 4.74 Å². The fourth-order valence-electron chi connectivity index (χ4n) is 1.57. The number of aromatic nitrogens is 2. The van der Waals surface area contributed by atoms with Gasteiger partial charge in [-0.25, -0.2) is 4.79 Å². The van der Waals surface area contributed by atoms with Gasteiger partial charge in [-0.1, -0.05) is 42.5 Å². The van der Waals surface area contributed by atoms with Crippen LogP contribution >= 0.6 is 11.6 Å². The molecule has 0 amide bonds. The smallest absolute Gasteiger partial charge is 0.341 e. The van der Waals surface area contributed by atoms with E-state index in [1.807, 2.05) is 24.3 Å². The van der Waals surface area contributed by atoms with Crippen molar-refractivity contribution in [2.75, 3.05) is 6.61 Å². The SMILES string of the molecule is C=CCOC(=O)c1cnn(Cc2ccccc2Cl)c1. The van der Waals surface area contributed by atoms with Gasteiger partial charge in [0, 0.05) is 11.2 Å². The van der Waals surface area contributed by atoms with Gasteiger partial charge >= 0.3 is 5.97 Å². The predicted octanol–water partition coefficient (Wildman–Crippen LogP) is 2.93. The molecule has 2 rings (SSSR count). The van der Waals surface area contributed by atoms with E-state index in [1.165, 1.54) is 12.3 Å². The highest BCUT2D eigenvalue weighted by molar-refractivity contribution is 6.31. The van der Waals surface area contributed by atoms with Crippen molar-refractivity contribution < 1.29 is 9.53 Å². The molecule has 0 atom stereocenters. The minimum absolute atomic E-state index is 0.189. The normalized spacial score (nSPS) is 10.2. The lowest BCUT2D eigenvalue weighted by Gasteiger charge is -2.03. The Hall–Kier alpha value is -2.07. The third-order valence-corrected chi connectivity index (χ3v) is 2.86. The van der Waals surface area contributed by atoms with Gasteiger partial charge in [-0.15, -0.1) is 0 Å². The van der Waals surface area contributed by atoms with Crippen molar-refractivity contribution in [3.63, 3.8) is 0 Å². The third-order valence-electron chi connectivity index (χ3n) is 2.49. The van der Waals surface area contributed by atoms with Gasteiger partial charge in [0.1, 0.15) is 6.61 Å². The van der Waals surface area contributed by atoms with Crippen LogP contribution in [0.15, 0.2) is 49.3 Å². The number of nitrogens with zero attached hydrogens (tertiary/aromatic N) is 2. The molecule has 19 heavy (non-hydrogen) atoms. The van der Waals surface area contributed by atoms with Crippen LogP contribution in [0.4, 0.5) is 0 Å². The van der Waals surface area contributed by atoms with E-state index < -0.39 is 5.97 Å². The Labute approximate surface area is 116 Å². The second kappa shape index (κ2) is 6.20. The van der Waals surface area contributed by atoms with Gasteiger partial charge in [0.2, 0.25) is 0 Å². The van der Waals surface area contributed by atoms with E-state index >= 15 is 0 Å².